The molecule has 1 atom stereocenters. The zero-order chi connectivity index (χ0) is 29.2. The molecule has 0 saturated carbocycles. The number of aliphatic hydroxyl groups excluding tert-OH is 1. The second-order valence-corrected chi connectivity index (χ2v) is 10.1. The van der Waals surface area contributed by atoms with E-state index in [1.165, 1.54) is 0 Å². The van der Waals surface area contributed by atoms with Gasteiger partial charge < -0.3 is 24.4 Å². The molecular weight excluding hydrogens is 516 g/mol. The summed E-state index contributed by atoms with van der Waals surface area (Å²) in [4.78, 5) is 30.5. The summed E-state index contributed by atoms with van der Waals surface area (Å²) in [6.07, 6.45) is 2.00. The lowest BCUT2D eigenvalue weighted by atomic mass is 9.95. The summed E-state index contributed by atoms with van der Waals surface area (Å²) in [6.45, 7) is 9.97. The highest BCUT2D eigenvalue weighted by Crippen LogP contribution is 2.40. The van der Waals surface area contributed by atoms with Crippen molar-refractivity contribution < 1.29 is 24.2 Å². The van der Waals surface area contributed by atoms with Crippen LogP contribution in [0.15, 0.2) is 84.4 Å². The van der Waals surface area contributed by atoms with Gasteiger partial charge in [-0.1, -0.05) is 69.7 Å². The first-order chi connectivity index (χ1) is 20.0. The fourth-order valence-corrected chi connectivity index (χ4v) is 4.93. The van der Waals surface area contributed by atoms with E-state index in [1.54, 1.807) is 29.2 Å². The molecule has 0 spiro atoms. The molecule has 0 aromatic heterocycles. The fraction of sp³-hybridized carbons (Fsp3) is 0.353. The Hall–Kier alpha value is -4.10. The predicted octanol–water partition coefficient (Wildman–Crippen LogP) is 6.21. The van der Waals surface area contributed by atoms with Crippen molar-refractivity contribution in [2.24, 2.45) is 0 Å². The SMILES string of the molecule is CCCCOc1ccc(C2/C(=C(\O)c3ccc(OCc4ccccc4)cc3)C(=O)C(=O)N2CCN(CC)CC)cc1. The lowest BCUT2D eigenvalue weighted by molar-refractivity contribution is -0.140. The number of ether oxygens (including phenoxy) is 2. The van der Waals surface area contributed by atoms with E-state index in [4.69, 9.17) is 9.47 Å². The molecule has 7 nitrogen and oxygen atoms in total. The van der Waals surface area contributed by atoms with Gasteiger partial charge >= 0.3 is 0 Å². The minimum absolute atomic E-state index is 0.0900. The molecule has 0 radical (unpaired) electrons. The first-order valence-electron chi connectivity index (χ1n) is 14.5. The number of rotatable bonds is 14. The van der Waals surface area contributed by atoms with Crippen LogP contribution in [0.4, 0.5) is 0 Å². The first-order valence-corrected chi connectivity index (χ1v) is 14.5. The highest BCUT2D eigenvalue weighted by atomic mass is 16.5. The topological polar surface area (TPSA) is 79.3 Å². The van der Waals surface area contributed by atoms with Crippen LogP contribution in [-0.2, 0) is 16.2 Å². The number of hydrogen-bond acceptors (Lipinski definition) is 6. The van der Waals surface area contributed by atoms with Crippen molar-refractivity contribution in [2.75, 3.05) is 32.8 Å². The van der Waals surface area contributed by atoms with Gasteiger partial charge in [0.05, 0.1) is 18.2 Å². The Labute approximate surface area is 243 Å². The van der Waals surface area contributed by atoms with Crippen LogP contribution >= 0.6 is 0 Å². The molecule has 1 fully saturated rings. The van der Waals surface area contributed by atoms with Gasteiger partial charge in [-0.05, 0) is 67.0 Å². The summed E-state index contributed by atoms with van der Waals surface area (Å²) in [5, 5.41) is 11.4. The Morgan fingerprint density at radius 3 is 2.12 bits per heavy atom. The third-order valence-corrected chi connectivity index (χ3v) is 7.43. The van der Waals surface area contributed by atoms with Gasteiger partial charge in [0.15, 0.2) is 0 Å². The largest absolute Gasteiger partial charge is 0.507 e. The van der Waals surface area contributed by atoms with Crippen molar-refractivity contribution in [3.8, 4) is 11.5 Å². The van der Waals surface area contributed by atoms with Crippen LogP contribution in [0.2, 0.25) is 0 Å². The van der Waals surface area contributed by atoms with E-state index < -0.39 is 17.7 Å². The number of likely N-dealkylation sites (tertiary alicyclic amines) is 1. The van der Waals surface area contributed by atoms with Crippen LogP contribution in [0.25, 0.3) is 5.76 Å². The minimum atomic E-state index is -0.704. The number of hydrogen-bond donors (Lipinski definition) is 1. The van der Waals surface area contributed by atoms with Crippen molar-refractivity contribution in [1.29, 1.82) is 0 Å². The van der Waals surface area contributed by atoms with Crippen molar-refractivity contribution in [3.05, 3.63) is 101 Å². The van der Waals surface area contributed by atoms with Crippen LogP contribution in [-0.4, -0.2) is 59.4 Å². The number of carbonyl (C=O) groups is 2. The molecule has 3 aromatic rings. The second kappa shape index (κ2) is 14.5. The number of Topliss-reactive ketones (excluding diaryl/α,β-unsaturated/α-hetero) is 1. The van der Waals surface area contributed by atoms with E-state index in [9.17, 15) is 14.7 Å². The average Bonchev–Trinajstić information content (AvgIpc) is 3.26. The highest BCUT2D eigenvalue weighted by Gasteiger charge is 2.46. The molecule has 3 aromatic carbocycles. The lowest BCUT2D eigenvalue weighted by Crippen LogP contribution is -2.38. The van der Waals surface area contributed by atoms with E-state index >= 15 is 0 Å². The smallest absolute Gasteiger partial charge is 0.295 e. The first kappa shape index (κ1) is 29.9. The van der Waals surface area contributed by atoms with Gasteiger partial charge in [0.2, 0.25) is 0 Å². The number of amides is 1. The molecule has 0 bridgehead atoms. The summed E-state index contributed by atoms with van der Waals surface area (Å²) in [7, 11) is 0. The van der Waals surface area contributed by atoms with Gasteiger partial charge in [0.25, 0.3) is 11.7 Å². The van der Waals surface area contributed by atoms with Crippen molar-refractivity contribution in [2.45, 2.75) is 46.3 Å². The molecular formula is C34H40N2O5. The average molecular weight is 557 g/mol. The predicted molar refractivity (Wildman–Crippen MR) is 161 cm³/mol. The monoisotopic (exact) mass is 556 g/mol. The van der Waals surface area contributed by atoms with E-state index in [1.807, 2.05) is 54.6 Å². The third-order valence-electron chi connectivity index (χ3n) is 7.43. The Morgan fingerprint density at radius 1 is 0.854 bits per heavy atom. The van der Waals surface area contributed by atoms with E-state index in [-0.39, 0.29) is 11.3 Å². The summed E-state index contributed by atoms with van der Waals surface area (Å²) < 4.78 is 11.7. The molecule has 0 aliphatic carbocycles. The normalized spacial score (nSPS) is 16.4. The Bertz CT molecular complexity index is 1320. The molecule has 41 heavy (non-hydrogen) atoms. The number of carbonyl (C=O) groups excluding carboxylic acids is 2. The molecule has 1 aliphatic heterocycles. The molecule has 216 valence electrons. The zero-order valence-corrected chi connectivity index (χ0v) is 24.2. The molecule has 4 rings (SSSR count). The zero-order valence-electron chi connectivity index (χ0n) is 24.2. The third kappa shape index (κ3) is 7.35. The maximum Gasteiger partial charge on any atom is 0.295 e. The molecule has 1 unspecified atom stereocenters. The summed E-state index contributed by atoms with van der Waals surface area (Å²) in [5.74, 6) is -0.111. The number of ketones is 1. The highest BCUT2D eigenvalue weighted by molar-refractivity contribution is 6.46. The summed E-state index contributed by atoms with van der Waals surface area (Å²) in [6, 6.07) is 23.5. The second-order valence-electron chi connectivity index (χ2n) is 10.1. The van der Waals surface area contributed by atoms with Crippen molar-refractivity contribution >= 4 is 17.4 Å². The fourth-order valence-electron chi connectivity index (χ4n) is 4.93. The Morgan fingerprint density at radius 2 is 1.49 bits per heavy atom. The van der Waals surface area contributed by atoms with Crippen LogP contribution in [0.5, 0.6) is 11.5 Å². The van der Waals surface area contributed by atoms with Crippen LogP contribution < -0.4 is 9.47 Å². The molecule has 7 heteroatoms. The Balaban J connectivity index is 1.63. The lowest BCUT2D eigenvalue weighted by Gasteiger charge is -2.28. The summed E-state index contributed by atoms with van der Waals surface area (Å²) >= 11 is 0. The van der Waals surface area contributed by atoms with E-state index in [0.717, 1.165) is 42.8 Å². The van der Waals surface area contributed by atoms with Crippen molar-refractivity contribution in [1.82, 2.24) is 9.80 Å². The number of benzene rings is 3. The number of nitrogens with zero attached hydrogens (tertiary/aromatic N) is 2. The maximum absolute atomic E-state index is 13.4. The minimum Gasteiger partial charge on any atom is -0.507 e. The molecule has 1 N–H and O–H groups in total. The van der Waals surface area contributed by atoms with Crippen LogP contribution in [0, 0.1) is 0 Å². The molecule has 1 amide bonds. The van der Waals surface area contributed by atoms with E-state index in [2.05, 4.69) is 25.7 Å². The molecule has 1 heterocycles. The van der Waals surface area contributed by atoms with Gasteiger partial charge in [-0.25, -0.2) is 0 Å². The maximum atomic E-state index is 13.4. The van der Waals surface area contributed by atoms with Gasteiger partial charge in [0.1, 0.15) is 23.9 Å². The molecule has 1 aliphatic rings. The number of aliphatic hydroxyl groups is 1. The van der Waals surface area contributed by atoms with Crippen LogP contribution in [0.3, 0.4) is 0 Å². The van der Waals surface area contributed by atoms with Gasteiger partial charge in [-0.2, -0.15) is 0 Å². The molecule has 1 saturated heterocycles. The van der Waals surface area contributed by atoms with E-state index in [0.29, 0.717) is 37.6 Å². The Kier molecular flexibility index (Phi) is 10.6. The summed E-state index contributed by atoms with van der Waals surface area (Å²) in [5.41, 5.74) is 2.33. The van der Waals surface area contributed by atoms with Crippen LogP contribution in [0.1, 0.15) is 56.3 Å². The van der Waals surface area contributed by atoms with Gasteiger partial charge in [0, 0.05) is 18.7 Å². The number of likely N-dealkylation sites (N-methyl/N-ethyl adjacent to an activating group) is 1. The van der Waals surface area contributed by atoms with Gasteiger partial charge in [-0.3, -0.25) is 9.59 Å². The quantitative estimate of drug-likeness (QED) is 0.110. The standard InChI is InChI=1S/C34H40N2O5/c1-4-7-23-40-28-17-13-26(14-18-28)31-30(33(38)34(39)36(31)22-21-35(5-2)6-3)32(37)27-15-19-29(20-16-27)41-24-25-11-9-8-10-12-25/h8-20,31,37H,4-7,21-24H2,1-3H3/b32-30+. The van der Waals surface area contributed by atoms with Crippen molar-refractivity contribution in [3.63, 3.8) is 0 Å². The number of unbranched alkanes of at least 4 members (excludes halogenated alkanes) is 1. The van der Waals surface area contributed by atoms with Gasteiger partial charge in [-0.15, -0.1) is 0 Å².